The second-order valence-electron chi connectivity index (χ2n) is 4.21. The number of nitro groups is 1. The maximum Gasteiger partial charge on any atom is 0.269 e. The minimum atomic E-state index is -0.505. The minimum Gasteiger partial charge on any atom is -0.354 e. The topological polar surface area (TPSA) is 101 Å². The molecule has 20 heavy (non-hydrogen) atoms. The van der Waals surface area contributed by atoms with Crippen molar-refractivity contribution < 1.29 is 14.5 Å². The van der Waals surface area contributed by atoms with Gasteiger partial charge in [-0.1, -0.05) is 0 Å². The minimum absolute atomic E-state index is 0.0368. The molecule has 1 aliphatic rings. The van der Waals surface area contributed by atoms with E-state index in [1.54, 1.807) is 0 Å². The van der Waals surface area contributed by atoms with Crippen LogP contribution in [0.1, 0.15) is 6.42 Å². The predicted molar refractivity (Wildman–Crippen MR) is 75.6 cm³/mol. The first kappa shape index (κ1) is 14.3. The molecule has 1 saturated heterocycles. The second-order valence-corrected chi connectivity index (χ2v) is 5.52. The van der Waals surface area contributed by atoms with E-state index in [1.165, 1.54) is 36.0 Å². The number of carbonyl (C=O) groups is 2. The molecule has 1 heterocycles. The largest absolute Gasteiger partial charge is 0.354 e. The second kappa shape index (κ2) is 6.38. The summed E-state index contributed by atoms with van der Waals surface area (Å²) in [4.78, 5) is 33.3. The molecule has 0 unspecified atom stereocenters. The Hall–Kier alpha value is -2.09. The Morgan fingerprint density at radius 3 is 2.75 bits per heavy atom. The molecule has 2 N–H and O–H groups in total. The summed E-state index contributed by atoms with van der Waals surface area (Å²) in [6.07, 6.45) is 0.0908. The molecule has 2 rings (SSSR count). The summed E-state index contributed by atoms with van der Waals surface area (Å²) in [5, 5.41) is 15.5. The van der Waals surface area contributed by atoms with Gasteiger partial charge in [-0.2, -0.15) is 0 Å². The quantitative estimate of drug-likeness (QED) is 0.641. The standard InChI is InChI=1S/C12H13N3O4S/c16-11(7-10-12(17)13-5-6-20-10)14-8-1-3-9(4-2-8)15(18)19/h1-4,10H,5-7H2,(H,13,17)(H,14,16)/t10-/m1/s1. The number of nitrogens with zero attached hydrogens (tertiary/aromatic N) is 1. The van der Waals surface area contributed by atoms with E-state index >= 15 is 0 Å². The van der Waals surface area contributed by atoms with Crippen molar-refractivity contribution in [3.8, 4) is 0 Å². The Bertz CT molecular complexity index is 532. The number of anilines is 1. The van der Waals surface area contributed by atoms with Crippen LogP contribution in [-0.2, 0) is 9.59 Å². The van der Waals surface area contributed by atoms with Gasteiger partial charge < -0.3 is 10.6 Å². The molecule has 1 aliphatic heterocycles. The van der Waals surface area contributed by atoms with Gasteiger partial charge in [0.15, 0.2) is 0 Å². The summed E-state index contributed by atoms with van der Waals surface area (Å²) in [7, 11) is 0. The van der Waals surface area contributed by atoms with Crippen molar-refractivity contribution in [2.75, 3.05) is 17.6 Å². The average molecular weight is 295 g/mol. The van der Waals surface area contributed by atoms with Crippen molar-refractivity contribution in [1.29, 1.82) is 0 Å². The number of carbonyl (C=O) groups excluding carboxylic acids is 2. The SMILES string of the molecule is O=C(C[C@H]1SCCNC1=O)Nc1ccc([N+](=O)[O-])cc1. The van der Waals surface area contributed by atoms with E-state index in [9.17, 15) is 19.7 Å². The number of rotatable bonds is 4. The van der Waals surface area contributed by atoms with E-state index in [1.807, 2.05) is 0 Å². The molecular formula is C12H13N3O4S. The van der Waals surface area contributed by atoms with Gasteiger partial charge in [0.1, 0.15) is 0 Å². The van der Waals surface area contributed by atoms with Crippen LogP contribution in [-0.4, -0.2) is 34.3 Å². The van der Waals surface area contributed by atoms with E-state index in [4.69, 9.17) is 0 Å². The molecule has 0 saturated carbocycles. The first-order valence-electron chi connectivity index (χ1n) is 6.00. The summed E-state index contributed by atoms with van der Waals surface area (Å²) in [5.41, 5.74) is 0.437. The molecule has 2 amide bonds. The molecule has 1 atom stereocenters. The van der Waals surface area contributed by atoms with Crippen molar-refractivity contribution in [2.24, 2.45) is 0 Å². The molecule has 1 fully saturated rings. The zero-order valence-electron chi connectivity index (χ0n) is 10.5. The van der Waals surface area contributed by atoms with E-state index < -0.39 is 4.92 Å². The number of non-ortho nitro benzene ring substituents is 1. The highest BCUT2D eigenvalue weighted by Gasteiger charge is 2.25. The van der Waals surface area contributed by atoms with Gasteiger partial charge in [0.25, 0.3) is 5.69 Å². The molecule has 0 aromatic heterocycles. The molecule has 0 aliphatic carbocycles. The van der Waals surface area contributed by atoms with Crippen LogP contribution < -0.4 is 10.6 Å². The summed E-state index contributed by atoms with van der Waals surface area (Å²) < 4.78 is 0. The number of nitro benzene ring substituents is 1. The van der Waals surface area contributed by atoms with Gasteiger partial charge in [0.2, 0.25) is 11.8 Å². The van der Waals surface area contributed by atoms with Crippen molar-refractivity contribution in [2.45, 2.75) is 11.7 Å². The van der Waals surface area contributed by atoms with Gasteiger partial charge in [0, 0.05) is 36.5 Å². The molecule has 0 spiro atoms. The molecule has 8 heteroatoms. The number of hydrogen-bond acceptors (Lipinski definition) is 5. The number of thioether (sulfide) groups is 1. The van der Waals surface area contributed by atoms with Gasteiger partial charge in [-0.3, -0.25) is 19.7 Å². The molecule has 0 bridgehead atoms. The third kappa shape index (κ3) is 3.70. The normalized spacial score (nSPS) is 18.2. The summed E-state index contributed by atoms with van der Waals surface area (Å²) in [6.45, 7) is 0.629. The molecule has 1 aromatic rings. The predicted octanol–water partition coefficient (Wildman–Crippen LogP) is 1.15. The lowest BCUT2D eigenvalue weighted by molar-refractivity contribution is -0.384. The highest BCUT2D eigenvalue weighted by molar-refractivity contribution is 8.00. The Morgan fingerprint density at radius 2 is 2.15 bits per heavy atom. The summed E-state index contributed by atoms with van der Waals surface area (Å²) >= 11 is 1.45. The van der Waals surface area contributed by atoms with Gasteiger partial charge in [0.05, 0.1) is 10.2 Å². The lowest BCUT2D eigenvalue weighted by Crippen LogP contribution is -2.40. The third-order valence-corrected chi connectivity index (χ3v) is 3.97. The van der Waals surface area contributed by atoms with Crippen molar-refractivity contribution >= 4 is 35.0 Å². The smallest absolute Gasteiger partial charge is 0.269 e. The maximum atomic E-state index is 11.8. The number of amides is 2. The fraction of sp³-hybridized carbons (Fsp3) is 0.333. The number of nitrogens with one attached hydrogen (secondary N) is 2. The van der Waals surface area contributed by atoms with Crippen LogP contribution in [0, 0.1) is 10.1 Å². The maximum absolute atomic E-state index is 11.8. The third-order valence-electron chi connectivity index (χ3n) is 2.75. The van der Waals surface area contributed by atoms with Crippen LogP contribution in [0.5, 0.6) is 0 Å². The van der Waals surface area contributed by atoms with Crippen molar-refractivity contribution in [3.63, 3.8) is 0 Å². The van der Waals surface area contributed by atoms with Gasteiger partial charge in [-0.15, -0.1) is 11.8 Å². The Morgan fingerprint density at radius 1 is 1.45 bits per heavy atom. The zero-order valence-corrected chi connectivity index (χ0v) is 11.3. The fourth-order valence-corrected chi connectivity index (χ4v) is 2.77. The van der Waals surface area contributed by atoms with Crippen LogP contribution >= 0.6 is 11.8 Å². The average Bonchev–Trinajstić information content (AvgIpc) is 2.42. The van der Waals surface area contributed by atoms with Gasteiger partial charge >= 0.3 is 0 Å². The van der Waals surface area contributed by atoms with Crippen LogP contribution in [0.15, 0.2) is 24.3 Å². The van der Waals surface area contributed by atoms with Crippen LogP contribution in [0.3, 0.4) is 0 Å². The van der Waals surface area contributed by atoms with E-state index in [0.717, 1.165) is 5.75 Å². The number of benzene rings is 1. The van der Waals surface area contributed by atoms with Crippen LogP contribution in [0.2, 0.25) is 0 Å². The summed E-state index contributed by atoms with van der Waals surface area (Å²) in [6, 6.07) is 5.56. The molecular weight excluding hydrogens is 282 g/mol. The van der Waals surface area contributed by atoms with Gasteiger partial charge in [-0.25, -0.2) is 0 Å². The zero-order chi connectivity index (χ0) is 14.5. The summed E-state index contributed by atoms with van der Waals surface area (Å²) in [5.74, 6) is 0.384. The van der Waals surface area contributed by atoms with E-state index in [-0.39, 0.29) is 29.2 Å². The first-order valence-corrected chi connectivity index (χ1v) is 7.05. The molecule has 7 nitrogen and oxygen atoms in total. The first-order chi connectivity index (χ1) is 9.56. The van der Waals surface area contributed by atoms with Crippen LogP contribution in [0.4, 0.5) is 11.4 Å². The Balaban J connectivity index is 1.90. The Labute approximate surface area is 119 Å². The lowest BCUT2D eigenvalue weighted by atomic mass is 10.2. The Kier molecular flexibility index (Phi) is 4.57. The fourth-order valence-electron chi connectivity index (χ4n) is 1.76. The molecule has 1 aromatic carbocycles. The molecule has 106 valence electrons. The van der Waals surface area contributed by atoms with Crippen molar-refractivity contribution in [1.82, 2.24) is 5.32 Å². The van der Waals surface area contributed by atoms with E-state index in [0.29, 0.717) is 12.2 Å². The highest BCUT2D eigenvalue weighted by Crippen LogP contribution is 2.20. The van der Waals surface area contributed by atoms with Crippen molar-refractivity contribution in [3.05, 3.63) is 34.4 Å². The number of hydrogen-bond donors (Lipinski definition) is 2. The van der Waals surface area contributed by atoms with Gasteiger partial charge in [-0.05, 0) is 12.1 Å². The van der Waals surface area contributed by atoms with E-state index in [2.05, 4.69) is 10.6 Å². The van der Waals surface area contributed by atoms with Crippen LogP contribution in [0.25, 0.3) is 0 Å². The molecule has 0 radical (unpaired) electrons. The monoisotopic (exact) mass is 295 g/mol. The highest BCUT2D eigenvalue weighted by atomic mass is 32.2. The lowest BCUT2D eigenvalue weighted by Gasteiger charge is -2.20.